The topological polar surface area (TPSA) is 12.9 Å². The van der Waals surface area contributed by atoms with Crippen LogP contribution in [0, 0.1) is 0 Å². The first-order valence-corrected chi connectivity index (χ1v) is 6.21. The number of fused-ring (bicyclic) bond motifs is 2. The molecule has 0 unspecified atom stereocenters. The van der Waals surface area contributed by atoms with Gasteiger partial charge in [0.2, 0.25) is 0 Å². The minimum Gasteiger partial charge on any atom is -0.248 e. The summed E-state index contributed by atoms with van der Waals surface area (Å²) in [5.74, 6) is 0.757. The van der Waals surface area contributed by atoms with E-state index in [1.165, 1.54) is 29.2 Å². The van der Waals surface area contributed by atoms with Gasteiger partial charge in [0.1, 0.15) is 0 Å². The van der Waals surface area contributed by atoms with E-state index < -0.39 is 0 Å². The molecule has 1 nitrogen and oxygen atoms in total. The Balaban J connectivity index is 2.23. The highest BCUT2D eigenvalue weighted by Crippen LogP contribution is 2.45. The van der Waals surface area contributed by atoms with Crippen molar-refractivity contribution in [3.05, 3.63) is 54.1 Å². The van der Waals surface area contributed by atoms with Crippen molar-refractivity contribution < 1.29 is 0 Å². The van der Waals surface area contributed by atoms with Crippen molar-refractivity contribution in [2.45, 2.75) is 18.8 Å². The molecule has 4 rings (SSSR count). The molecule has 82 valence electrons. The number of aromatic nitrogens is 1. The zero-order valence-electron chi connectivity index (χ0n) is 9.56. The molecule has 1 saturated carbocycles. The average Bonchev–Trinajstić information content (AvgIpc) is 3.20. The Labute approximate surface area is 100 Å². The van der Waals surface area contributed by atoms with Crippen molar-refractivity contribution >= 4 is 21.8 Å². The van der Waals surface area contributed by atoms with Crippen LogP contribution in [0.25, 0.3) is 21.8 Å². The zero-order chi connectivity index (χ0) is 11.2. The van der Waals surface area contributed by atoms with Gasteiger partial charge in [-0.2, -0.15) is 0 Å². The third-order valence-corrected chi connectivity index (χ3v) is 3.61. The van der Waals surface area contributed by atoms with Crippen LogP contribution in [-0.2, 0) is 0 Å². The Bertz CT molecular complexity index is 657. The van der Waals surface area contributed by atoms with E-state index in [4.69, 9.17) is 4.98 Å². The van der Waals surface area contributed by atoms with E-state index >= 15 is 0 Å². The van der Waals surface area contributed by atoms with Crippen molar-refractivity contribution in [1.29, 1.82) is 0 Å². The number of rotatable bonds is 1. The fourth-order valence-corrected chi connectivity index (χ4v) is 2.68. The highest BCUT2D eigenvalue weighted by Gasteiger charge is 2.27. The number of hydrogen-bond donors (Lipinski definition) is 0. The van der Waals surface area contributed by atoms with Gasteiger partial charge in [-0.25, -0.2) is 4.98 Å². The lowest BCUT2D eigenvalue weighted by molar-refractivity contribution is 1.17. The number of para-hydroxylation sites is 2. The third kappa shape index (κ3) is 1.35. The van der Waals surface area contributed by atoms with Crippen LogP contribution >= 0.6 is 0 Å². The second-order valence-electron chi connectivity index (χ2n) is 4.83. The lowest BCUT2D eigenvalue weighted by Gasteiger charge is -2.09. The van der Waals surface area contributed by atoms with Gasteiger partial charge in [-0.05, 0) is 36.5 Å². The van der Waals surface area contributed by atoms with E-state index in [0.717, 1.165) is 17.0 Å². The summed E-state index contributed by atoms with van der Waals surface area (Å²) in [6, 6.07) is 17.0. The molecule has 1 fully saturated rings. The van der Waals surface area contributed by atoms with Crippen molar-refractivity contribution in [3.8, 4) is 0 Å². The first-order chi connectivity index (χ1) is 8.43. The number of benzene rings is 2. The molecule has 0 spiro atoms. The largest absolute Gasteiger partial charge is 0.248 e. The molecule has 0 saturated heterocycles. The van der Waals surface area contributed by atoms with E-state index in [2.05, 4.69) is 48.5 Å². The maximum absolute atomic E-state index is 4.75. The molecule has 2 aromatic carbocycles. The predicted octanol–water partition coefficient (Wildman–Crippen LogP) is 4.27. The molecular weight excluding hydrogens is 206 g/mol. The molecule has 1 aliphatic carbocycles. The van der Waals surface area contributed by atoms with Crippen molar-refractivity contribution in [3.63, 3.8) is 0 Å². The SMILES string of the molecule is c1ccc2c(C3CC3)c3ccccc3nc2c1. The highest BCUT2D eigenvalue weighted by atomic mass is 14.7. The van der Waals surface area contributed by atoms with Crippen LogP contribution in [0.3, 0.4) is 0 Å². The van der Waals surface area contributed by atoms with Crippen molar-refractivity contribution in [1.82, 2.24) is 4.98 Å². The van der Waals surface area contributed by atoms with Gasteiger partial charge in [0.25, 0.3) is 0 Å². The van der Waals surface area contributed by atoms with Gasteiger partial charge >= 0.3 is 0 Å². The van der Waals surface area contributed by atoms with Gasteiger partial charge in [-0.3, -0.25) is 0 Å². The summed E-state index contributed by atoms with van der Waals surface area (Å²) in [5.41, 5.74) is 3.78. The van der Waals surface area contributed by atoms with Gasteiger partial charge in [-0.15, -0.1) is 0 Å². The van der Waals surface area contributed by atoms with Gasteiger partial charge in [-0.1, -0.05) is 36.4 Å². The molecular formula is C16H13N. The summed E-state index contributed by atoms with van der Waals surface area (Å²) < 4.78 is 0. The van der Waals surface area contributed by atoms with Crippen LogP contribution in [0.1, 0.15) is 24.3 Å². The van der Waals surface area contributed by atoms with E-state index in [9.17, 15) is 0 Å². The number of hydrogen-bond acceptors (Lipinski definition) is 1. The minimum absolute atomic E-state index is 0.757. The Kier molecular flexibility index (Phi) is 1.78. The van der Waals surface area contributed by atoms with Crippen LogP contribution in [0.2, 0.25) is 0 Å². The summed E-state index contributed by atoms with van der Waals surface area (Å²) in [5, 5.41) is 2.68. The standard InChI is InChI=1S/C16H13N/c1-3-7-14-12(5-1)16(11-9-10-11)13-6-2-4-8-15(13)17-14/h1-8,11H,9-10H2. The smallest absolute Gasteiger partial charge is 0.0712 e. The fourth-order valence-electron chi connectivity index (χ4n) is 2.68. The molecule has 0 atom stereocenters. The van der Waals surface area contributed by atoms with Crippen LogP contribution in [0.5, 0.6) is 0 Å². The summed E-state index contributed by atoms with van der Waals surface area (Å²) >= 11 is 0. The van der Waals surface area contributed by atoms with E-state index in [1.807, 2.05) is 0 Å². The molecule has 3 aromatic rings. The maximum Gasteiger partial charge on any atom is 0.0712 e. The molecule has 1 aromatic heterocycles. The van der Waals surface area contributed by atoms with Crippen LogP contribution in [0.4, 0.5) is 0 Å². The molecule has 1 aliphatic rings. The van der Waals surface area contributed by atoms with Gasteiger partial charge in [0.05, 0.1) is 11.0 Å². The molecule has 0 aliphatic heterocycles. The van der Waals surface area contributed by atoms with Crippen molar-refractivity contribution in [2.75, 3.05) is 0 Å². The van der Waals surface area contributed by atoms with Gasteiger partial charge < -0.3 is 0 Å². The van der Waals surface area contributed by atoms with E-state index in [0.29, 0.717) is 0 Å². The normalized spacial score (nSPS) is 15.5. The molecule has 1 heterocycles. The lowest BCUT2D eigenvalue weighted by Crippen LogP contribution is -1.90. The molecule has 0 radical (unpaired) electrons. The Hall–Kier alpha value is -1.89. The quantitative estimate of drug-likeness (QED) is 0.557. The Morgan fingerprint density at radius 2 is 1.29 bits per heavy atom. The van der Waals surface area contributed by atoms with E-state index in [-0.39, 0.29) is 0 Å². The summed E-state index contributed by atoms with van der Waals surface area (Å²) in [4.78, 5) is 4.75. The number of pyridine rings is 1. The Morgan fingerprint density at radius 3 is 1.82 bits per heavy atom. The second kappa shape index (κ2) is 3.30. The zero-order valence-corrected chi connectivity index (χ0v) is 9.56. The molecule has 17 heavy (non-hydrogen) atoms. The molecule has 0 N–H and O–H groups in total. The average molecular weight is 219 g/mol. The third-order valence-electron chi connectivity index (χ3n) is 3.61. The minimum atomic E-state index is 0.757. The van der Waals surface area contributed by atoms with Gasteiger partial charge in [0, 0.05) is 10.8 Å². The molecule has 0 bridgehead atoms. The first-order valence-electron chi connectivity index (χ1n) is 6.21. The van der Waals surface area contributed by atoms with Crippen LogP contribution < -0.4 is 0 Å². The van der Waals surface area contributed by atoms with E-state index in [1.54, 1.807) is 0 Å². The summed E-state index contributed by atoms with van der Waals surface area (Å²) in [7, 11) is 0. The second-order valence-corrected chi connectivity index (χ2v) is 4.83. The Morgan fingerprint density at radius 1 is 0.765 bits per heavy atom. The fraction of sp³-hybridized carbons (Fsp3) is 0.188. The first kappa shape index (κ1) is 9.17. The van der Waals surface area contributed by atoms with Crippen molar-refractivity contribution in [2.24, 2.45) is 0 Å². The van der Waals surface area contributed by atoms with Crippen LogP contribution in [0.15, 0.2) is 48.5 Å². The maximum atomic E-state index is 4.75. The monoisotopic (exact) mass is 219 g/mol. The van der Waals surface area contributed by atoms with Crippen LogP contribution in [-0.4, -0.2) is 4.98 Å². The summed E-state index contributed by atoms with van der Waals surface area (Å²) in [6.07, 6.45) is 2.66. The summed E-state index contributed by atoms with van der Waals surface area (Å²) in [6.45, 7) is 0. The number of nitrogens with zero attached hydrogens (tertiary/aromatic N) is 1. The van der Waals surface area contributed by atoms with Gasteiger partial charge in [0.15, 0.2) is 0 Å². The lowest BCUT2D eigenvalue weighted by atomic mass is 9.99. The molecule has 1 heteroatoms. The predicted molar refractivity (Wildman–Crippen MR) is 71.2 cm³/mol. The molecule has 0 amide bonds. The highest BCUT2D eigenvalue weighted by molar-refractivity contribution is 5.98.